The number of rotatable bonds is 4. The third kappa shape index (κ3) is 3.01. The van der Waals surface area contributed by atoms with Crippen LogP contribution in [-0.4, -0.2) is 25.0 Å². The molecule has 1 aromatic carbocycles. The van der Waals surface area contributed by atoms with E-state index in [4.69, 9.17) is 4.74 Å². The van der Waals surface area contributed by atoms with E-state index in [1.807, 2.05) is 12.1 Å². The van der Waals surface area contributed by atoms with Crippen molar-refractivity contribution in [3.05, 3.63) is 33.4 Å². The second kappa shape index (κ2) is 5.69. The Labute approximate surface area is 119 Å². The van der Waals surface area contributed by atoms with Gasteiger partial charge in [-0.15, -0.1) is 0 Å². The minimum atomic E-state index is -0.515. The highest BCUT2D eigenvalue weighted by Crippen LogP contribution is 2.33. The molecule has 0 aliphatic heterocycles. The average molecular weight is 359 g/mol. The summed E-state index contributed by atoms with van der Waals surface area (Å²) in [6.45, 7) is 0. The van der Waals surface area contributed by atoms with Gasteiger partial charge >= 0.3 is 5.97 Å². The van der Waals surface area contributed by atoms with Gasteiger partial charge < -0.3 is 10.1 Å². The van der Waals surface area contributed by atoms with E-state index in [0.717, 1.165) is 16.4 Å². The summed E-state index contributed by atoms with van der Waals surface area (Å²) in [4.78, 5) is 23.7. The Morgan fingerprint density at radius 2 is 2.06 bits per heavy atom. The summed E-state index contributed by atoms with van der Waals surface area (Å²) >= 11 is 2.10. The lowest BCUT2D eigenvalue weighted by atomic mass is 10.1. The monoisotopic (exact) mass is 359 g/mol. The Bertz CT molecular complexity index is 471. The Balaban J connectivity index is 2.10. The molecule has 0 heterocycles. The summed E-state index contributed by atoms with van der Waals surface area (Å²) in [6.07, 6.45) is 1.93. The standard InChI is InChI=1S/C13H14INO3/c1-18-13(17)11(8-6-7-8)15-12(16)9-4-2-3-5-10(9)14/h2-5,8,11H,6-7H2,1H3,(H,15,16)/t11-/m1/s1. The molecule has 2 rings (SSSR count). The number of carbonyl (C=O) groups excluding carboxylic acids is 2. The van der Waals surface area contributed by atoms with Crippen LogP contribution in [0.5, 0.6) is 0 Å². The number of amides is 1. The molecule has 0 saturated heterocycles. The summed E-state index contributed by atoms with van der Waals surface area (Å²) in [5.41, 5.74) is 0.590. The van der Waals surface area contributed by atoms with Crippen molar-refractivity contribution in [2.75, 3.05) is 7.11 Å². The molecule has 96 valence electrons. The fourth-order valence-electron chi connectivity index (χ4n) is 1.79. The number of hydrogen-bond donors (Lipinski definition) is 1. The molecule has 0 bridgehead atoms. The second-order valence-corrected chi connectivity index (χ2v) is 5.45. The number of halogens is 1. The first-order chi connectivity index (χ1) is 8.63. The number of benzene rings is 1. The van der Waals surface area contributed by atoms with Gasteiger partial charge in [-0.1, -0.05) is 12.1 Å². The molecule has 1 N–H and O–H groups in total. The molecule has 1 atom stereocenters. The van der Waals surface area contributed by atoms with E-state index in [2.05, 4.69) is 27.9 Å². The number of hydrogen-bond acceptors (Lipinski definition) is 3. The average Bonchev–Trinajstić information content (AvgIpc) is 3.19. The summed E-state index contributed by atoms with van der Waals surface area (Å²) in [6, 6.07) is 6.77. The molecule has 4 nitrogen and oxygen atoms in total. The van der Waals surface area contributed by atoms with E-state index >= 15 is 0 Å². The minimum Gasteiger partial charge on any atom is -0.467 e. The van der Waals surface area contributed by atoms with Gasteiger partial charge in [-0.05, 0) is 53.5 Å². The van der Waals surface area contributed by atoms with Crippen LogP contribution >= 0.6 is 22.6 Å². The first kappa shape index (κ1) is 13.3. The Morgan fingerprint density at radius 3 is 2.61 bits per heavy atom. The zero-order valence-corrected chi connectivity index (χ0v) is 12.1. The van der Waals surface area contributed by atoms with Crippen molar-refractivity contribution in [2.45, 2.75) is 18.9 Å². The highest BCUT2D eigenvalue weighted by Gasteiger charge is 2.38. The number of esters is 1. The molecule has 1 aliphatic carbocycles. The van der Waals surface area contributed by atoms with Gasteiger partial charge in [-0.25, -0.2) is 4.79 Å². The van der Waals surface area contributed by atoms with Crippen LogP contribution in [0, 0.1) is 9.49 Å². The number of methoxy groups -OCH3 is 1. The maximum absolute atomic E-state index is 12.1. The van der Waals surface area contributed by atoms with Crippen molar-refractivity contribution in [3.63, 3.8) is 0 Å². The van der Waals surface area contributed by atoms with Crippen molar-refractivity contribution in [2.24, 2.45) is 5.92 Å². The van der Waals surface area contributed by atoms with Crippen molar-refractivity contribution < 1.29 is 14.3 Å². The molecule has 1 amide bonds. The molecule has 1 saturated carbocycles. The smallest absolute Gasteiger partial charge is 0.328 e. The largest absolute Gasteiger partial charge is 0.467 e. The first-order valence-electron chi connectivity index (χ1n) is 5.76. The van der Waals surface area contributed by atoms with Crippen LogP contribution in [0.3, 0.4) is 0 Å². The van der Waals surface area contributed by atoms with Crippen LogP contribution in [0.15, 0.2) is 24.3 Å². The first-order valence-corrected chi connectivity index (χ1v) is 6.84. The van der Waals surface area contributed by atoms with Gasteiger partial charge in [0.15, 0.2) is 0 Å². The lowest BCUT2D eigenvalue weighted by Gasteiger charge is -2.16. The molecule has 0 aromatic heterocycles. The van der Waals surface area contributed by atoms with Gasteiger partial charge in [0.25, 0.3) is 5.91 Å². The van der Waals surface area contributed by atoms with Crippen LogP contribution in [0.2, 0.25) is 0 Å². The Morgan fingerprint density at radius 1 is 1.39 bits per heavy atom. The van der Waals surface area contributed by atoms with Crippen molar-refractivity contribution >= 4 is 34.5 Å². The van der Waals surface area contributed by atoms with Crippen LogP contribution in [-0.2, 0) is 9.53 Å². The van der Waals surface area contributed by atoms with E-state index in [1.54, 1.807) is 12.1 Å². The number of ether oxygens (including phenoxy) is 1. The Hall–Kier alpha value is -1.11. The molecule has 18 heavy (non-hydrogen) atoms. The van der Waals surface area contributed by atoms with Crippen LogP contribution < -0.4 is 5.32 Å². The fourth-order valence-corrected chi connectivity index (χ4v) is 2.42. The number of carbonyl (C=O) groups is 2. The van der Waals surface area contributed by atoms with Gasteiger partial charge in [-0.2, -0.15) is 0 Å². The van der Waals surface area contributed by atoms with E-state index in [-0.39, 0.29) is 17.8 Å². The predicted molar refractivity (Wildman–Crippen MR) is 75.2 cm³/mol. The molecule has 0 unspecified atom stereocenters. The van der Waals surface area contributed by atoms with Crippen molar-refractivity contribution in [3.8, 4) is 0 Å². The third-order valence-corrected chi connectivity index (χ3v) is 3.89. The molecule has 1 aliphatic rings. The van der Waals surface area contributed by atoms with Crippen molar-refractivity contribution in [1.82, 2.24) is 5.32 Å². The fraction of sp³-hybridized carbons (Fsp3) is 0.385. The number of nitrogens with one attached hydrogen (secondary N) is 1. The zero-order valence-electron chi connectivity index (χ0n) is 9.98. The summed E-state index contributed by atoms with van der Waals surface area (Å²) in [7, 11) is 1.34. The molecule has 0 spiro atoms. The summed E-state index contributed by atoms with van der Waals surface area (Å²) in [5.74, 6) is -0.359. The van der Waals surface area contributed by atoms with Gasteiger partial charge in [0.05, 0.1) is 12.7 Å². The van der Waals surface area contributed by atoms with E-state index in [1.165, 1.54) is 7.11 Å². The SMILES string of the molecule is COC(=O)[C@H](NC(=O)c1ccccc1I)C1CC1. The third-order valence-electron chi connectivity index (χ3n) is 2.95. The molecule has 1 aromatic rings. The predicted octanol–water partition coefficient (Wildman–Crippen LogP) is 1.97. The van der Waals surface area contributed by atoms with Crippen molar-refractivity contribution in [1.29, 1.82) is 0 Å². The molecular weight excluding hydrogens is 345 g/mol. The second-order valence-electron chi connectivity index (χ2n) is 4.29. The molecule has 5 heteroatoms. The minimum absolute atomic E-state index is 0.220. The summed E-state index contributed by atoms with van der Waals surface area (Å²) < 4.78 is 5.59. The zero-order chi connectivity index (χ0) is 13.1. The maximum atomic E-state index is 12.1. The van der Waals surface area contributed by atoms with Crippen LogP contribution in [0.1, 0.15) is 23.2 Å². The van der Waals surface area contributed by atoms with E-state index in [9.17, 15) is 9.59 Å². The molecule has 1 fully saturated rings. The normalized spacial score (nSPS) is 15.9. The van der Waals surface area contributed by atoms with E-state index < -0.39 is 6.04 Å². The maximum Gasteiger partial charge on any atom is 0.328 e. The lowest BCUT2D eigenvalue weighted by Crippen LogP contribution is -2.43. The topological polar surface area (TPSA) is 55.4 Å². The highest BCUT2D eigenvalue weighted by atomic mass is 127. The van der Waals surface area contributed by atoms with E-state index in [0.29, 0.717) is 5.56 Å². The van der Waals surface area contributed by atoms with Crippen LogP contribution in [0.25, 0.3) is 0 Å². The Kier molecular flexibility index (Phi) is 4.21. The summed E-state index contributed by atoms with van der Waals surface area (Å²) in [5, 5.41) is 2.77. The molecular formula is C13H14INO3. The molecule has 0 radical (unpaired) electrons. The highest BCUT2D eigenvalue weighted by molar-refractivity contribution is 14.1. The lowest BCUT2D eigenvalue weighted by molar-refractivity contribution is -0.143. The van der Waals surface area contributed by atoms with Gasteiger partial charge in [0.2, 0.25) is 0 Å². The van der Waals surface area contributed by atoms with Crippen LogP contribution in [0.4, 0.5) is 0 Å². The van der Waals surface area contributed by atoms with Gasteiger partial charge in [-0.3, -0.25) is 4.79 Å². The van der Waals surface area contributed by atoms with Gasteiger partial charge in [0, 0.05) is 3.57 Å². The van der Waals surface area contributed by atoms with Gasteiger partial charge in [0.1, 0.15) is 6.04 Å². The quantitative estimate of drug-likeness (QED) is 0.661.